The Morgan fingerprint density at radius 2 is 1.66 bits per heavy atom. The maximum Gasteiger partial charge on any atom is 0.456 e. The zero-order valence-electron chi connectivity index (χ0n) is 14.9. The molecule has 3 rings (SSSR count). The fraction of sp³-hybridized carbons (Fsp3) is 0.500. The molecule has 0 bridgehead atoms. The molecule has 1 amide bonds. The molecule has 11 heteroatoms. The third kappa shape index (κ3) is 3.22. The first-order valence-electron chi connectivity index (χ1n) is 8.54. The summed E-state index contributed by atoms with van der Waals surface area (Å²) in [4.78, 5) is 12.5. The Morgan fingerprint density at radius 3 is 2.17 bits per heavy atom. The Hall–Kier alpha value is -1.75. The van der Waals surface area contributed by atoms with Gasteiger partial charge in [-0.1, -0.05) is 0 Å². The van der Waals surface area contributed by atoms with E-state index in [9.17, 15) is 41.4 Å². The molecule has 3 N–H and O–H groups in total. The van der Waals surface area contributed by atoms with Gasteiger partial charge < -0.3 is 15.5 Å². The number of aliphatic hydroxyl groups excluding tert-OH is 1. The van der Waals surface area contributed by atoms with E-state index in [4.69, 9.17) is 0 Å². The third-order valence-corrected chi connectivity index (χ3v) is 6.29. The summed E-state index contributed by atoms with van der Waals surface area (Å²) in [7, 11) is 0. The molecule has 0 unspecified atom stereocenters. The van der Waals surface area contributed by atoms with Crippen LogP contribution in [-0.4, -0.2) is 39.4 Å². The van der Waals surface area contributed by atoms with Crippen molar-refractivity contribution in [1.82, 2.24) is 5.32 Å². The summed E-state index contributed by atoms with van der Waals surface area (Å²) in [5.74, 6) is -7.24. The predicted octanol–water partition coefficient (Wildman–Crippen LogP) is 4.54. The predicted molar refractivity (Wildman–Crippen MR) is 93.7 cm³/mol. The largest absolute Gasteiger partial charge is 0.509 e. The van der Waals surface area contributed by atoms with Crippen LogP contribution in [-0.2, 0) is 4.79 Å². The second-order valence-electron chi connectivity index (χ2n) is 7.44. The van der Waals surface area contributed by atoms with E-state index in [2.05, 4.69) is 21.2 Å². The summed E-state index contributed by atoms with van der Waals surface area (Å²) in [6.45, 7) is 1.49. The highest BCUT2D eigenvalue weighted by atomic mass is 79.9. The van der Waals surface area contributed by atoms with Crippen molar-refractivity contribution in [2.75, 3.05) is 0 Å². The number of carbonyl (C=O) groups is 1. The Labute approximate surface area is 169 Å². The van der Waals surface area contributed by atoms with Gasteiger partial charge in [-0.3, -0.25) is 4.79 Å². The highest BCUT2D eigenvalue weighted by Crippen LogP contribution is 2.53. The van der Waals surface area contributed by atoms with Crippen molar-refractivity contribution >= 4 is 27.4 Å². The second kappa shape index (κ2) is 6.63. The van der Waals surface area contributed by atoms with E-state index in [1.54, 1.807) is 0 Å². The molecule has 2 aliphatic rings. The first-order valence-corrected chi connectivity index (χ1v) is 9.34. The number of benzene rings is 1. The molecule has 1 fully saturated rings. The van der Waals surface area contributed by atoms with Gasteiger partial charge in [0, 0.05) is 0 Å². The SMILES string of the molecule is Cc1cc(F)c(Br)cc1C1=C(O)C2(CCC(O)(C(F)(F)C(F)(F)F)CC2)NC1=O. The highest BCUT2D eigenvalue weighted by Gasteiger charge is 2.71. The van der Waals surface area contributed by atoms with Crippen molar-refractivity contribution in [3.63, 3.8) is 0 Å². The minimum Gasteiger partial charge on any atom is -0.509 e. The molecule has 4 nitrogen and oxygen atoms in total. The molecule has 1 saturated carbocycles. The molecule has 1 spiro atoms. The van der Waals surface area contributed by atoms with Crippen molar-refractivity contribution in [1.29, 1.82) is 0 Å². The molecule has 0 radical (unpaired) electrons. The zero-order valence-corrected chi connectivity index (χ0v) is 16.5. The van der Waals surface area contributed by atoms with Crippen LogP contribution in [0, 0.1) is 12.7 Å². The monoisotopic (exact) mass is 487 g/mol. The van der Waals surface area contributed by atoms with Gasteiger partial charge in [0.15, 0.2) is 0 Å². The van der Waals surface area contributed by atoms with Gasteiger partial charge in [-0.15, -0.1) is 0 Å². The van der Waals surface area contributed by atoms with E-state index < -0.39 is 66.4 Å². The van der Waals surface area contributed by atoms with Crippen LogP contribution in [0.25, 0.3) is 5.57 Å². The number of aryl methyl sites for hydroxylation is 1. The van der Waals surface area contributed by atoms with Gasteiger partial charge in [-0.2, -0.15) is 22.0 Å². The van der Waals surface area contributed by atoms with Crippen LogP contribution in [0.4, 0.5) is 26.3 Å². The lowest BCUT2D eigenvalue weighted by atomic mass is 9.70. The third-order valence-electron chi connectivity index (χ3n) is 5.68. The summed E-state index contributed by atoms with van der Waals surface area (Å²) >= 11 is 2.98. The standard InChI is InChI=1S/C18H16BrF6NO3/c1-8-6-11(20)10(19)7-9(8)12-13(27)15(26-14(12)28)2-4-16(29,5-3-15)17(21,22)18(23,24)25/h6-7,27,29H,2-5H2,1H3,(H,26,28). The van der Waals surface area contributed by atoms with Gasteiger partial charge in [-0.25, -0.2) is 4.39 Å². The van der Waals surface area contributed by atoms with Gasteiger partial charge in [0.2, 0.25) is 0 Å². The fourth-order valence-corrected chi connectivity index (χ4v) is 4.22. The number of aliphatic hydroxyl groups is 2. The van der Waals surface area contributed by atoms with E-state index in [1.165, 1.54) is 13.0 Å². The van der Waals surface area contributed by atoms with Crippen LogP contribution in [0.1, 0.15) is 36.8 Å². The Morgan fingerprint density at radius 1 is 1.10 bits per heavy atom. The minimum absolute atomic E-state index is 0.0231. The van der Waals surface area contributed by atoms with Gasteiger partial charge in [0.1, 0.15) is 17.2 Å². The Bertz CT molecular complexity index is 904. The van der Waals surface area contributed by atoms with Crippen LogP contribution >= 0.6 is 15.9 Å². The molecule has 0 saturated heterocycles. The molecule has 0 aromatic heterocycles. The average molecular weight is 488 g/mol. The topological polar surface area (TPSA) is 69.6 Å². The van der Waals surface area contributed by atoms with Crippen LogP contribution in [0.15, 0.2) is 22.4 Å². The molecule has 1 heterocycles. The average Bonchev–Trinajstić information content (AvgIpc) is 2.83. The smallest absolute Gasteiger partial charge is 0.456 e. The van der Waals surface area contributed by atoms with Crippen molar-refractivity contribution in [2.45, 2.75) is 55.8 Å². The van der Waals surface area contributed by atoms with Crippen molar-refractivity contribution in [2.24, 2.45) is 0 Å². The molecule has 1 aromatic carbocycles. The summed E-state index contributed by atoms with van der Waals surface area (Å²) in [5.41, 5.74) is -4.63. The van der Waals surface area contributed by atoms with Crippen molar-refractivity contribution < 1.29 is 41.4 Å². The minimum atomic E-state index is -5.94. The van der Waals surface area contributed by atoms with E-state index >= 15 is 0 Å². The van der Waals surface area contributed by atoms with Crippen molar-refractivity contribution in [3.8, 4) is 0 Å². The van der Waals surface area contributed by atoms with E-state index in [0.717, 1.165) is 6.07 Å². The molecule has 0 atom stereocenters. The lowest BCUT2D eigenvalue weighted by molar-refractivity contribution is -0.347. The molecular formula is C18H16BrF6NO3. The maximum atomic E-state index is 13.7. The molecule has 1 aromatic rings. The number of hydrogen-bond acceptors (Lipinski definition) is 3. The fourth-order valence-electron chi connectivity index (χ4n) is 3.88. The number of amides is 1. The zero-order chi connectivity index (χ0) is 22.0. The number of halogens is 7. The molecule has 1 aliphatic heterocycles. The Kier molecular flexibility index (Phi) is 5.02. The lowest BCUT2D eigenvalue weighted by Gasteiger charge is -2.45. The second-order valence-corrected chi connectivity index (χ2v) is 8.30. The summed E-state index contributed by atoms with van der Waals surface area (Å²) < 4.78 is 79.3. The van der Waals surface area contributed by atoms with Crippen LogP contribution in [0.5, 0.6) is 0 Å². The molecule has 29 heavy (non-hydrogen) atoms. The molecular weight excluding hydrogens is 472 g/mol. The van der Waals surface area contributed by atoms with Gasteiger partial charge in [-0.05, 0) is 71.8 Å². The first kappa shape index (κ1) is 21.9. The number of hydrogen-bond donors (Lipinski definition) is 3. The highest BCUT2D eigenvalue weighted by molar-refractivity contribution is 9.10. The summed E-state index contributed by atoms with van der Waals surface area (Å²) in [5, 5.41) is 23.1. The van der Waals surface area contributed by atoms with E-state index in [-0.39, 0.29) is 15.6 Å². The normalized spacial score (nSPS) is 28.2. The summed E-state index contributed by atoms with van der Waals surface area (Å²) in [6, 6.07) is 2.40. The number of rotatable bonds is 2. The van der Waals surface area contributed by atoms with Crippen LogP contribution in [0.2, 0.25) is 0 Å². The van der Waals surface area contributed by atoms with Crippen LogP contribution < -0.4 is 5.32 Å². The quantitative estimate of drug-likeness (QED) is 0.536. The number of nitrogens with one attached hydrogen (secondary N) is 1. The lowest BCUT2D eigenvalue weighted by Crippen LogP contribution is -2.62. The van der Waals surface area contributed by atoms with E-state index in [1.807, 2.05) is 0 Å². The van der Waals surface area contributed by atoms with E-state index in [0.29, 0.717) is 5.56 Å². The summed E-state index contributed by atoms with van der Waals surface area (Å²) in [6.07, 6.45) is -8.99. The Balaban J connectivity index is 1.97. The molecule has 1 aliphatic carbocycles. The first-order chi connectivity index (χ1) is 13.2. The van der Waals surface area contributed by atoms with Crippen molar-refractivity contribution in [3.05, 3.63) is 39.3 Å². The molecule has 160 valence electrons. The maximum absolute atomic E-state index is 13.7. The number of alkyl halides is 5. The van der Waals surface area contributed by atoms with Crippen LogP contribution in [0.3, 0.4) is 0 Å². The van der Waals surface area contributed by atoms with Gasteiger partial charge in [0.25, 0.3) is 5.91 Å². The van der Waals surface area contributed by atoms with Gasteiger partial charge in [0.05, 0.1) is 15.6 Å². The number of carbonyl (C=O) groups excluding carboxylic acids is 1. The van der Waals surface area contributed by atoms with Gasteiger partial charge >= 0.3 is 12.1 Å².